The molecule has 5 aromatic rings. The average Bonchev–Trinajstić information content (AvgIpc) is 3.46. The molecule has 7 rings (SSSR count). The fraction of sp³-hybridized carbons (Fsp3) is 0.244. The van der Waals surface area contributed by atoms with Gasteiger partial charge in [0.1, 0.15) is 24.9 Å². The Bertz CT molecular complexity index is 1740. The molecule has 0 radical (unpaired) electrons. The van der Waals surface area contributed by atoms with Gasteiger partial charge in [0.05, 0.1) is 26.4 Å². The van der Waals surface area contributed by atoms with Gasteiger partial charge in [0.2, 0.25) is 0 Å². The normalized spacial score (nSPS) is 20.2. The lowest BCUT2D eigenvalue weighted by Gasteiger charge is -2.45. The lowest BCUT2D eigenvalue weighted by Crippen LogP contribution is -2.64. The number of rotatable bonds is 11. The first-order valence-corrected chi connectivity index (χ1v) is 16.4. The first kappa shape index (κ1) is 31.8. The van der Waals surface area contributed by atoms with E-state index < -0.39 is 30.6 Å². The number of likely N-dealkylation sites (tertiary alicyclic amines) is 1. The van der Waals surface area contributed by atoms with Gasteiger partial charge in [-0.25, -0.2) is 4.79 Å². The predicted octanol–water partition coefficient (Wildman–Crippen LogP) is 7.33. The average molecular weight is 642 g/mol. The van der Waals surface area contributed by atoms with Crippen molar-refractivity contribution in [1.29, 1.82) is 0 Å². The Morgan fingerprint density at radius 1 is 0.583 bits per heavy atom. The van der Waals surface area contributed by atoms with Gasteiger partial charge in [0, 0.05) is 5.92 Å². The molecule has 7 nitrogen and oxygen atoms in total. The summed E-state index contributed by atoms with van der Waals surface area (Å²) in [4.78, 5) is 15.2. The maximum atomic E-state index is 13.9. The summed E-state index contributed by atoms with van der Waals surface area (Å²) in [6.07, 6.45) is -4.16. The van der Waals surface area contributed by atoms with Gasteiger partial charge in [-0.05, 0) is 38.9 Å². The standard InChI is InChI=1S/C41H39NO6/c43-40-39(47-27-31-18-8-3-9-19-31)38(46-26-30-16-6-2-7-17-30)37(45-25-29-14-4-1-5-15-29)24-42(40)41(44)48-28-36-34-22-12-10-20-32(34)33-21-11-13-23-35(33)36/h1-23,36-40,43H,24-28H2/t37-,38-,39+,40+/m1/s1. The molecule has 5 aromatic carbocycles. The molecule has 1 saturated heterocycles. The van der Waals surface area contributed by atoms with Crippen LogP contribution < -0.4 is 0 Å². The van der Waals surface area contributed by atoms with Crippen LogP contribution in [-0.2, 0) is 38.8 Å². The van der Waals surface area contributed by atoms with Crippen molar-refractivity contribution in [3.63, 3.8) is 0 Å². The molecule has 1 heterocycles. The van der Waals surface area contributed by atoms with Crippen LogP contribution in [0.2, 0.25) is 0 Å². The number of hydrogen-bond donors (Lipinski definition) is 1. The molecule has 1 N–H and O–H groups in total. The van der Waals surface area contributed by atoms with Crippen LogP contribution in [0.4, 0.5) is 4.79 Å². The molecule has 1 fully saturated rings. The minimum atomic E-state index is -1.33. The first-order valence-electron chi connectivity index (χ1n) is 16.4. The van der Waals surface area contributed by atoms with E-state index in [1.54, 1.807) is 0 Å². The number of benzene rings is 5. The highest BCUT2D eigenvalue weighted by Gasteiger charge is 2.48. The van der Waals surface area contributed by atoms with Gasteiger partial charge in [-0.2, -0.15) is 0 Å². The Morgan fingerprint density at radius 2 is 1.02 bits per heavy atom. The van der Waals surface area contributed by atoms with E-state index >= 15 is 0 Å². The first-order chi connectivity index (χ1) is 23.7. The molecule has 1 amide bonds. The van der Waals surface area contributed by atoms with Gasteiger partial charge >= 0.3 is 6.09 Å². The van der Waals surface area contributed by atoms with Crippen molar-refractivity contribution in [3.05, 3.63) is 167 Å². The van der Waals surface area contributed by atoms with Crippen molar-refractivity contribution in [3.8, 4) is 11.1 Å². The molecule has 4 atom stereocenters. The van der Waals surface area contributed by atoms with Crippen LogP contribution in [0.5, 0.6) is 0 Å². The minimum absolute atomic E-state index is 0.0648. The summed E-state index contributed by atoms with van der Waals surface area (Å²) in [5.74, 6) is -0.111. The van der Waals surface area contributed by atoms with E-state index in [0.717, 1.165) is 38.9 Å². The van der Waals surface area contributed by atoms with Gasteiger partial charge in [-0.15, -0.1) is 0 Å². The topological polar surface area (TPSA) is 77.5 Å². The van der Waals surface area contributed by atoms with E-state index in [4.69, 9.17) is 18.9 Å². The number of nitrogens with zero attached hydrogens (tertiary/aromatic N) is 1. The highest BCUT2D eigenvalue weighted by molar-refractivity contribution is 5.79. The maximum Gasteiger partial charge on any atom is 0.412 e. The fourth-order valence-corrected chi connectivity index (χ4v) is 6.67. The third-order valence-electron chi connectivity index (χ3n) is 9.13. The summed E-state index contributed by atoms with van der Waals surface area (Å²) in [6, 6.07) is 45.9. The molecule has 1 aliphatic heterocycles. The zero-order valence-electron chi connectivity index (χ0n) is 26.6. The van der Waals surface area contributed by atoms with Crippen molar-refractivity contribution >= 4 is 6.09 Å². The van der Waals surface area contributed by atoms with Crippen molar-refractivity contribution in [1.82, 2.24) is 4.90 Å². The van der Waals surface area contributed by atoms with Gasteiger partial charge < -0.3 is 24.1 Å². The lowest BCUT2D eigenvalue weighted by molar-refractivity contribution is -0.234. The third-order valence-corrected chi connectivity index (χ3v) is 9.13. The Balaban J connectivity index is 1.14. The molecule has 48 heavy (non-hydrogen) atoms. The Hall–Kier alpha value is -4.79. The second-order valence-corrected chi connectivity index (χ2v) is 12.2. The van der Waals surface area contributed by atoms with Crippen LogP contribution in [0.15, 0.2) is 140 Å². The number of carbonyl (C=O) groups is 1. The van der Waals surface area contributed by atoms with Crippen molar-refractivity contribution in [2.24, 2.45) is 0 Å². The van der Waals surface area contributed by atoms with Crippen LogP contribution in [0.25, 0.3) is 11.1 Å². The monoisotopic (exact) mass is 641 g/mol. The molecule has 7 heteroatoms. The second kappa shape index (κ2) is 15.0. The van der Waals surface area contributed by atoms with Crippen LogP contribution in [0.3, 0.4) is 0 Å². The van der Waals surface area contributed by atoms with Gasteiger partial charge in [-0.3, -0.25) is 4.90 Å². The van der Waals surface area contributed by atoms with E-state index in [-0.39, 0.29) is 25.7 Å². The number of carbonyl (C=O) groups excluding carboxylic acids is 1. The molecule has 1 aliphatic carbocycles. The SMILES string of the molecule is O=C(OCC1c2ccccc2-c2ccccc21)N1C[C@@H](OCc2ccccc2)[C@@H](OCc2ccccc2)[C@H](OCc2ccccc2)[C@@H]1O. The van der Waals surface area contributed by atoms with E-state index in [1.165, 1.54) is 4.90 Å². The fourth-order valence-electron chi connectivity index (χ4n) is 6.67. The molecule has 0 unspecified atom stereocenters. The van der Waals surface area contributed by atoms with E-state index in [0.29, 0.717) is 13.2 Å². The number of hydrogen-bond acceptors (Lipinski definition) is 6. The number of fused-ring (bicyclic) bond motifs is 3. The van der Waals surface area contributed by atoms with Crippen molar-refractivity contribution in [2.45, 2.75) is 50.3 Å². The quantitative estimate of drug-likeness (QED) is 0.163. The zero-order valence-corrected chi connectivity index (χ0v) is 26.6. The largest absolute Gasteiger partial charge is 0.448 e. The van der Waals surface area contributed by atoms with E-state index in [1.807, 2.05) is 115 Å². The van der Waals surface area contributed by atoms with Crippen molar-refractivity contribution < 1.29 is 28.8 Å². The molecule has 2 aliphatic rings. The maximum absolute atomic E-state index is 13.9. The molecule has 0 spiro atoms. The third kappa shape index (κ3) is 7.05. The Morgan fingerprint density at radius 3 is 1.54 bits per heavy atom. The molecule has 0 bridgehead atoms. The summed E-state index contributed by atoms with van der Waals surface area (Å²) in [6.45, 7) is 1.01. The summed E-state index contributed by atoms with van der Waals surface area (Å²) in [5, 5.41) is 11.8. The van der Waals surface area contributed by atoms with Gasteiger partial charge in [0.15, 0.2) is 6.23 Å². The second-order valence-electron chi connectivity index (χ2n) is 12.2. The van der Waals surface area contributed by atoms with Gasteiger partial charge in [0.25, 0.3) is 0 Å². The summed E-state index contributed by atoms with van der Waals surface area (Å²) >= 11 is 0. The molecule has 0 saturated carbocycles. The van der Waals surface area contributed by atoms with Crippen LogP contribution >= 0.6 is 0 Å². The summed E-state index contributed by atoms with van der Waals surface area (Å²) in [5.41, 5.74) is 7.44. The van der Waals surface area contributed by atoms with Gasteiger partial charge in [-0.1, -0.05) is 140 Å². The molecule has 0 aromatic heterocycles. The number of piperidine rings is 1. The van der Waals surface area contributed by atoms with E-state index in [9.17, 15) is 9.90 Å². The Labute approximate surface area is 281 Å². The lowest BCUT2D eigenvalue weighted by atomic mass is 9.98. The predicted molar refractivity (Wildman–Crippen MR) is 183 cm³/mol. The van der Waals surface area contributed by atoms with Crippen LogP contribution in [-0.4, -0.2) is 53.8 Å². The van der Waals surface area contributed by atoms with Crippen molar-refractivity contribution in [2.75, 3.05) is 13.2 Å². The molecular weight excluding hydrogens is 602 g/mol. The van der Waals surface area contributed by atoms with Crippen LogP contribution in [0, 0.1) is 0 Å². The summed E-state index contributed by atoms with van der Waals surface area (Å²) < 4.78 is 25.4. The number of aliphatic hydroxyl groups excluding tert-OH is 1. The number of aliphatic hydroxyl groups is 1. The molecular formula is C41H39NO6. The minimum Gasteiger partial charge on any atom is -0.448 e. The zero-order chi connectivity index (χ0) is 32.7. The highest BCUT2D eigenvalue weighted by atomic mass is 16.6. The smallest absolute Gasteiger partial charge is 0.412 e. The Kier molecular flexibility index (Phi) is 9.91. The number of amides is 1. The molecule has 244 valence electrons. The summed E-state index contributed by atoms with van der Waals surface area (Å²) in [7, 11) is 0. The van der Waals surface area contributed by atoms with E-state index in [2.05, 4.69) is 24.3 Å². The highest BCUT2D eigenvalue weighted by Crippen LogP contribution is 2.44. The van der Waals surface area contributed by atoms with Crippen LogP contribution in [0.1, 0.15) is 33.7 Å². The number of ether oxygens (including phenoxy) is 4.